The van der Waals surface area contributed by atoms with Crippen LogP contribution in [-0.4, -0.2) is 28.3 Å². The minimum atomic E-state index is -0.735. The lowest BCUT2D eigenvalue weighted by atomic mass is 9.85. The number of rotatable bonds is 6. The van der Waals surface area contributed by atoms with Gasteiger partial charge in [0.1, 0.15) is 11.5 Å². The highest BCUT2D eigenvalue weighted by molar-refractivity contribution is 6.46. The van der Waals surface area contributed by atoms with E-state index in [0.717, 1.165) is 27.5 Å². The van der Waals surface area contributed by atoms with Crippen molar-refractivity contribution in [2.24, 2.45) is 0 Å². The van der Waals surface area contributed by atoms with Crippen LogP contribution in [0.2, 0.25) is 0 Å². The molecule has 1 fully saturated rings. The van der Waals surface area contributed by atoms with Gasteiger partial charge < -0.3 is 14.7 Å². The fourth-order valence-corrected chi connectivity index (χ4v) is 5.14. The van der Waals surface area contributed by atoms with E-state index in [4.69, 9.17) is 4.74 Å². The van der Waals surface area contributed by atoms with E-state index < -0.39 is 17.7 Å². The average Bonchev–Trinajstić information content (AvgIpc) is 3.17. The summed E-state index contributed by atoms with van der Waals surface area (Å²) < 4.78 is 5.65. The maximum atomic E-state index is 13.5. The van der Waals surface area contributed by atoms with Gasteiger partial charge in [-0.05, 0) is 58.0 Å². The molecule has 1 aliphatic heterocycles. The lowest BCUT2D eigenvalue weighted by Gasteiger charge is -2.27. The maximum Gasteiger partial charge on any atom is 0.295 e. The highest BCUT2D eigenvalue weighted by Crippen LogP contribution is 2.41. The first-order chi connectivity index (χ1) is 18.7. The SMILES string of the molecule is CCOc1cccc(CN2C(=O)C(=O)/C(=C(\O)c3ccc4ccccc4c3)C2c2ccc(C(C)(C)C)cc2)c1. The fourth-order valence-electron chi connectivity index (χ4n) is 5.14. The van der Waals surface area contributed by atoms with Crippen molar-refractivity contribution in [3.05, 3.63) is 119 Å². The quantitative estimate of drug-likeness (QED) is 0.167. The Labute approximate surface area is 229 Å². The van der Waals surface area contributed by atoms with Crippen LogP contribution in [0, 0.1) is 0 Å². The predicted octanol–water partition coefficient (Wildman–Crippen LogP) is 7.16. The highest BCUT2D eigenvalue weighted by Gasteiger charge is 2.46. The third kappa shape index (κ3) is 5.17. The molecule has 0 bridgehead atoms. The van der Waals surface area contributed by atoms with E-state index in [-0.39, 0.29) is 23.3 Å². The molecule has 4 aromatic rings. The molecule has 1 unspecified atom stereocenters. The number of ketones is 1. The summed E-state index contributed by atoms with van der Waals surface area (Å²) in [4.78, 5) is 28.6. The van der Waals surface area contributed by atoms with Gasteiger partial charge in [0.15, 0.2) is 0 Å². The van der Waals surface area contributed by atoms with Crippen LogP contribution in [0.4, 0.5) is 0 Å². The zero-order valence-electron chi connectivity index (χ0n) is 22.8. The molecule has 0 aliphatic carbocycles. The molecule has 0 spiro atoms. The summed E-state index contributed by atoms with van der Waals surface area (Å²) in [5, 5.41) is 13.5. The van der Waals surface area contributed by atoms with Gasteiger partial charge in [-0.15, -0.1) is 0 Å². The first-order valence-corrected chi connectivity index (χ1v) is 13.3. The zero-order valence-corrected chi connectivity index (χ0v) is 22.8. The summed E-state index contributed by atoms with van der Waals surface area (Å²) in [5.74, 6) is -0.793. The predicted molar refractivity (Wildman–Crippen MR) is 155 cm³/mol. The molecule has 198 valence electrons. The van der Waals surface area contributed by atoms with Crippen molar-refractivity contribution in [2.45, 2.75) is 45.7 Å². The van der Waals surface area contributed by atoms with Gasteiger partial charge in [0.05, 0.1) is 18.2 Å². The number of likely N-dealkylation sites (tertiary alicyclic amines) is 1. The molecule has 1 saturated heterocycles. The molecule has 1 heterocycles. The van der Waals surface area contributed by atoms with Gasteiger partial charge in [-0.2, -0.15) is 0 Å². The number of carbonyl (C=O) groups is 2. The van der Waals surface area contributed by atoms with Gasteiger partial charge in [-0.25, -0.2) is 0 Å². The molecule has 1 atom stereocenters. The summed E-state index contributed by atoms with van der Waals surface area (Å²) in [6.07, 6.45) is 0. The number of Topliss-reactive ketones (excluding diaryl/α,β-unsaturated/α-hetero) is 1. The number of fused-ring (bicyclic) bond motifs is 1. The van der Waals surface area contributed by atoms with Crippen molar-refractivity contribution in [3.8, 4) is 5.75 Å². The number of benzene rings is 4. The van der Waals surface area contributed by atoms with E-state index in [2.05, 4.69) is 20.8 Å². The van der Waals surface area contributed by atoms with Gasteiger partial charge in [-0.3, -0.25) is 9.59 Å². The van der Waals surface area contributed by atoms with Crippen molar-refractivity contribution in [1.29, 1.82) is 0 Å². The topological polar surface area (TPSA) is 66.8 Å². The standard InChI is InChI=1S/C34H33NO4/c1-5-39-28-12-8-9-22(19-28)21-35-30(24-15-17-27(18-16-24)34(2,3)4)29(32(37)33(35)38)31(36)26-14-13-23-10-6-7-11-25(23)20-26/h6-20,30,36H,5,21H2,1-4H3/b31-29-. The Bertz CT molecular complexity index is 1580. The summed E-state index contributed by atoms with van der Waals surface area (Å²) >= 11 is 0. The number of nitrogens with zero attached hydrogens (tertiary/aromatic N) is 1. The Morgan fingerprint density at radius 3 is 2.28 bits per heavy atom. The Morgan fingerprint density at radius 2 is 1.59 bits per heavy atom. The molecule has 0 aromatic heterocycles. The van der Waals surface area contributed by atoms with E-state index in [0.29, 0.717) is 17.9 Å². The van der Waals surface area contributed by atoms with E-state index in [9.17, 15) is 14.7 Å². The summed E-state index contributed by atoms with van der Waals surface area (Å²) in [6.45, 7) is 9.06. The lowest BCUT2D eigenvalue weighted by molar-refractivity contribution is -0.140. The minimum absolute atomic E-state index is 0.0504. The Balaban J connectivity index is 1.63. The van der Waals surface area contributed by atoms with Gasteiger partial charge >= 0.3 is 0 Å². The number of hydrogen-bond donors (Lipinski definition) is 1. The Morgan fingerprint density at radius 1 is 0.872 bits per heavy atom. The Hall–Kier alpha value is -4.38. The highest BCUT2D eigenvalue weighted by atomic mass is 16.5. The second kappa shape index (κ2) is 10.4. The van der Waals surface area contributed by atoms with Crippen molar-refractivity contribution >= 4 is 28.2 Å². The van der Waals surface area contributed by atoms with Crippen LogP contribution in [-0.2, 0) is 21.5 Å². The molecule has 0 radical (unpaired) electrons. The summed E-state index contributed by atoms with van der Waals surface area (Å²) in [7, 11) is 0. The first-order valence-electron chi connectivity index (χ1n) is 13.3. The van der Waals surface area contributed by atoms with Crippen LogP contribution in [0.15, 0.2) is 96.6 Å². The molecule has 5 nitrogen and oxygen atoms in total. The average molecular weight is 520 g/mol. The van der Waals surface area contributed by atoms with Gasteiger partial charge in [0.2, 0.25) is 0 Å². The number of hydrogen-bond acceptors (Lipinski definition) is 4. The number of ether oxygens (including phenoxy) is 1. The van der Waals surface area contributed by atoms with Crippen LogP contribution in [0.3, 0.4) is 0 Å². The molecule has 1 aliphatic rings. The molecule has 0 saturated carbocycles. The second-order valence-corrected chi connectivity index (χ2v) is 10.9. The van der Waals surface area contributed by atoms with Gasteiger partial charge in [0.25, 0.3) is 11.7 Å². The monoisotopic (exact) mass is 519 g/mol. The number of aliphatic hydroxyl groups excluding tert-OH is 1. The van der Waals surface area contributed by atoms with Crippen LogP contribution in [0.25, 0.3) is 16.5 Å². The normalized spacial score (nSPS) is 17.1. The number of amides is 1. The third-order valence-electron chi connectivity index (χ3n) is 7.22. The maximum absolute atomic E-state index is 13.5. The fraction of sp³-hybridized carbons (Fsp3) is 0.235. The third-order valence-corrected chi connectivity index (χ3v) is 7.22. The van der Waals surface area contributed by atoms with E-state index >= 15 is 0 Å². The van der Waals surface area contributed by atoms with Crippen LogP contribution in [0.1, 0.15) is 56.0 Å². The molecule has 1 N–H and O–H groups in total. The second-order valence-electron chi connectivity index (χ2n) is 10.9. The van der Waals surface area contributed by atoms with Crippen LogP contribution >= 0.6 is 0 Å². The molecule has 5 heteroatoms. The van der Waals surface area contributed by atoms with Gasteiger partial charge in [-0.1, -0.05) is 93.6 Å². The van der Waals surface area contributed by atoms with Crippen molar-refractivity contribution in [2.75, 3.05) is 6.61 Å². The number of carbonyl (C=O) groups excluding carboxylic acids is 2. The molecule has 4 aromatic carbocycles. The summed E-state index contributed by atoms with van der Waals surface area (Å²) in [5.41, 5.74) is 3.30. The molecule has 1 amide bonds. The first kappa shape index (κ1) is 26.2. The largest absolute Gasteiger partial charge is 0.507 e. The van der Waals surface area contributed by atoms with E-state index in [1.807, 2.05) is 91.9 Å². The smallest absolute Gasteiger partial charge is 0.295 e. The van der Waals surface area contributed by atoms with E-state index in [1.165, 1.54) is 0 Å². The van der Waals surface area contributed by atoms with Crippen LogP contribution in [0.5, 0.6) is 5.75 Å². The van der Waals surface area contributed by atoms with Crippen molar-refractivity contribution in [1.82, 2.24) is 4.90 Å². The van der Waals surface area contributed by atoms with Crippen LogP contribution < -0.4 is 4.74 Å². The molecule has 39 heavy (non-hydrogen) atoms. The molecule has 5 rings (SSSR count). The summed E-state index contributed by atoms with van der Waals surface area (Å²) in [6, 6.07) is 28.1. The van der Waals surface area contributed by atoms with E-state index in [1.54, 1.807) is 11.0 Å². The molecular formula is C34H33NO4. The van der Waals surface area contributed by atoms with Crippen molar-refractivity contribution in [3.63, 3.8) is 0 Å². The number of aliphatic hydroxyl groups is 1. The van der Waals surface area contributed by atoms with Crippen molar-refractivity contribution < 1.29 is 19.4 Å². The Kier molecular flexibility index (Phi) is 7.00. The minimum Gasteiger partial charge on any atom is -0.507 e. The molecular weight excluding hydrogens is 486 g/mol. The van der Waals surface area contributed by atoms with Gasteiger partial charge in [0, 0.05) is 12.1 Å². The lowest BCUT2D eigenvalue weighted by Crippen LogP contribution is -2.29. The zero-order chi connectivity index (χ0) is 27.7.